The number of hydrogen-bond donors (Lipinski definition) is 4. The molecule has 0 unspecified atom stereocenters. The lowest BCUT2D eigenvalue weighted by molar-refractivity contribution is 0.424. The van der Waals surface area contributed by atoms with E-state index in [2.05, 4.69) is 6.92 Å². The van der Waals surface area contributed by atoms with E-state index in [-0.39, 0.29) is 0 Å². The fourth-order valence-electron chi connectivity index (χ4n) is 4.16. The minimum atomic E-state index is -1.48. The third kappa shape index (κ3) is 4.46. The van der Waals surface area contributed by atoms with Gasteiger partial charge in [0.05, 0.1) is 0 Å². The summed E-state index contributed by atoms with van der Waals surface area (Å²) in [4.78, 5) is 0. The van der Waals surface area contributed by atoms with Gasteiger partial charge in [0, 0.05) is 0 Å². The molecule has 3 rings (SSSR count). The summed E-state index contributed by atoms with van der Waals surface area (Å²) < 4.78 is 0. The molecular weight excluding hydrogens is 338 g/mol. The van der Waals surface area contributed by atoms with E-state index in [1.807, 2.05) is 24.3 Å². The van der Waals surface area contributed by atoms with E-state index < -0.39 is 14.2 Å². The minimum absolute atomic E-state index is 0.487. The van der Waals surface area contributed by atoms with Crippen LogP contribution < -0.4 is 10.9 Å². The number of benzene rings is 2. The summed E-state index contributed by atoms with van der Waals surface area (Å²) in [5.41, 5.74) is 6.55. The summed E-state index contributed by atoms with van der Waals surface area (Å²) in [6.45, 7) is 2.21. The maximum absolute atomic E-state index is 9.83. The summed E-state index contributed by atoms with van der Waals surface area (Å²) in [6, 6.07) is 9.28. The summed E-state index contributed by atoms with van der Waals surface area (Å²) >= 11 is 0. The van der Waals surface area contributed by atoms with Crippen LogP contribution in [0.5, 0.6) is 0 Å². The zero-order valence-electron chi connectivity index (χ0n) is 16.0. The molecule has 0 amide bonds. The average molecular weight is 366 g/mol. The van der Waals surface area contributed by atoms with Crippen LogP contribution in [0.15, 0.2) is 30.3 Å². The van der Waals surface area contributed by atoms with Gasteiger partial charge in [0.1, 0.15) is 0 Å². The lowest BCUT2D eigenvalue weighted by atomic mass is 9.73. The van der Waals surface area contributed by atoms with Gasteiger partial charge >= 0.3 is 14.2 Å². The topological polar surface area (TPSA) is 80.9 Å². The lowest BCUT2D eigenvalue weighted by Crippen LogP contribution is -2.34. The molecule has 2 aromatic carbocycles. The monoisotopic (exact) mass is 366 g/mol. The van der Waals surface area contributed by atoms with Gasteiger partial charge < -0.3 is 20.1 Å². The maximum atomic E-state index is 9.83. The van der Waals surface area contributed by atoms with E-state index >= 15 is 0 Å². The Kier molecular flexibility index (Phi) is 6.77. The molecule has 0 spiro atoms. The van der Waals surface area contributed by atoms with Crippen LogP contribution in [0, 0.1) is 0 Å². The van der Waals surface area contributed by atoms with Crippen LogP contribution in [0.2, 0.25) is 0 Å². The van der Waals surface area contributed by atoms with Crippen LogP contribution in [0.3, 0.4) is 0 Å². The van der Waals surface area contributed by atoms with Crippen molar-refractivity contribution in [2.45, 2.75) is 58.3 Å². The van der Waals surface area contributed by atoms with E-state index in [4.69, 9.17) is 0 Å². The Morgan fingerprint density at radius 3 is 2.22 bits per heavy atom. The van der Waals surface area contributed by atoms with Crippen LogP contribution in [-0.4, -0.2) is 34.3 Å². The summed E-state index contributed by atoms with van der Waals surface area (Å²) in [5, 5.41) is 38.5. The van der Waals surface area contributed by atoms with Crippen LogP contribution in [0.4, 0.5) is 0 Å². The van der Waals surface area contributed by atoms with Gasteiger partial charge in [-0.05, 0) is 58.0 Å². The highest BCUT2D eigenvalue weighted by molar-refractivity contribution is 6.59. The van der Waals surface area contributed by atoms with Gasteiger partial charge in [-0.3, -0.25) is 0 Å². The average Bonchev–Trinajstić information content (AvgIpc) is 3.02. The predicted octanol–water partition coefficient (Wildman–Crippen LogP) is 1.52. The van der Waals surface area contributed by atoms with Gasteiger partial charge in [0.15, 0.2) is 0 Å². The molecule has 0 aromatic heterocycles. The van der Waals surface area contributed by atoms with Crippen molar-refractivity contribution in [2.24, 2.45) is 0 Å². The van der Waals surface area contributed by atoms with Crippen LogP contribution >= 0.6 is 0 Å². The van der Waals surface area contributed by atoms with E-state index in [0.717, 1.165) is 47.1 Å². The Morgan fingerprint density at radius 2 is 1.52 bits per heavy atom. The Bertz CT molecular complexity index is 790. The minimum Gasteiger partial charge on any atom is -0.423 e. The van der Waals surface area contributed by atoms with Gasteiger partial charge in [-0.2, -0.15) is 0 Å². The number of fused-ring (bicyclic) bond motifs is 3. The molecule has 0 saturated heterocycles. The fourth-order valence-corrected chi connectivity index (χ4v) is 4.16. The van der Waals surface area contributed by atoms with Crippen molar-refractivity contribution < 1.29 is 20.1 Å². The van der Waals surface area contributed by atoms with E-state index in [1.54, 1.807) is 6.07 Å². The van der Waals surface area contributed by atoms with Crippen molar-refractivity contribution in [3.8, 4) is 11.1 Å². The van der Waals surface area contributed by atoms with Crippen LogP contribution in [0.1, 0.15) is 62.1 Å². The normalized spacial score (nSPS) is 12.0. The molecule has 4 nitrogen and oxygen atoms in total. The van der Waals surface area contributed by atoms with Crippen LogP contribution in [0.25, 0.3) is 11.1 Å². The summed E-state index contributed by atoms with van der Waals surface area (Å²) in [6.07, 6.45) is 8.71. The Balaban J connectivity index is 1.84. The molecule has 0 aliphatic heterocycles. The zero-order chi connectivity index (χ0) is 19.4. The molecule has 0 fully saturated rings. The molecular formula is C21H28B2O4. The molecule has 1 aliphatic rings. The first-order chi connectivity index (χ1) is 13.0. The first-order valence-electron chi connectivity index (χ1n) is 10.0. The molecule has 0 bridgehead atoms. The molecule has 142 valence electrons. The van der Waals surface area contributed by atoms with Crippen molar-refractivity contribution in [3.63, 3.8) is 0 Å². The third-order valence-corrected chi connectivity index (χ3v) is 5.61. The van der Waals surface area contributed by atoms with Gasteiger partial charge in [-0.1, -0.05) is 69.4 Å². The number of hydrogen-bond acceptors (Lipinski definition) is 4. The van der Waals surface area contributed by atoms with E-state index in [0.29, 0.717) is 17.3 Å². The van der Waals surface area contributed by atoms with Gasteiger partial charge in [0.2, 0.25) is 0 Å². The first-order valence-corrected chi connectivity index (χ1v) is 10.0. The Labute approximate surface area is 162 Å². The zero-order valence-corrected chi connectivity index (χ0v) is 16.0. The van der Waals surface area contributed by atoms with Gasteiger partial charge in [-0.15, -0.1) is 0 Å². The number of rotatable bonds is 9. The molecule has 4 N–H and O–H groups in total. The Morgan fingerprint density at radius 1 is 0.815 bits per heavy atom. The third-order valence-electron chi connectivity index (χ3n) is 5.61. The van der Waals surface area contributed by atoms with Crippen LogP contribution in [-0.2, 0) is 12.8 Å². The SMILES string of the molecule is CCCCCCCCc1c(B(O)O)ccc2c1Cc1cc(B(O)O)ccc1-2. The summed E-state index contributed by atoms with van der Waals surface area (Å²) in [7, 11) is -2.94. The quantitative estimate of drug-likeness (QED) is 0.342. The maximum Gasteiger partial charge on any atom is 0.488 e. The van der Waals surface area contributed by atoms with Crippen molar-refractivity contribution in [1.82, 2.24) is 0 Å². The molecule has 0 heterocycles. The molecule has 0 atom stereocenters. The summed E-state index contributed by atoms with van der Waals surface area (Å²) in [5.74, 6) is 0. The van der Waals surface area contributed by atoms with Crippen molar-refractivity contribution in [2.75, 3.05) is 0 Å². The van der Waals surface area contributed by atoms with Gasteiger partial charge in [-0.25, -0.2) is 0 Å². The largest absolute Gasteiger partial charge is 0.488 e. The first kappa shape index (κ1) is 20.2. The second kappa shape index (κ2) is 9.07. The van der Waals surface area contributed by atoms with Gasteiger partial charge in [0.25, 0.3) is 0 Å². The van der Waals surface area contributed by atoms with Crippen molar-refractivity contribution >= 4 is 25.2 Å². The molecule has 0 saturated carbocycles. The highest BCUT2D eigenvalue weighted by atomic mass is 16.4. The second-order valence-electron chi connectivity index (χ2n) is 7.52. The lowest BCUT2D eigenvalue weighted by Gasteiger charge is -2.15. The molecule has 0 radical (unpaired) electrons. The van der Waals surface area contributed by atoms with Crippen molar-refractivity contribution in [1.29, 1.82) is 0 Å². The fraction of sp³-hybridized carbons (Fsp3) is 0.429. The predicted molar refractivity (Wildman–Crippen MR) is 111 cm³/mol. The highest BCUT2D eigenvalue weighted by Gasteiger charge is 2.27. The number of unbranched alkanes of at least 4 members (excludes halogenated alkanes) is 5. The molecule has 1 aliphatic carbocycles. The van der Waals surface area contributed by atoms with Crippen molar-refractivity contribution in [3.05, 3.63) is 47.0 Å². The van der Waals surface area contributed by atoms with E-state index in [1.165, 1.54) is 25.7 Å². The highest BCUT2D eigenvalue weighted by Crippen LogP contribution is 2.37. The standard InChI is InChI=1S/C21H28B2O4/c1-2-3-4-5-6-7-8-19-20-14-15-13-16(22(24)25)9-10-17(15)18(20)11-12-21(19)23(26)27/h9-13,24-27H,2-8,14H2,1H3. The smallest absolute Gasteiger partial charge is 0.423 e. The molecule has 6 heteroatoms. The molecule has 2 aromatic rings. The Hall–Kier alpha value is -1.59. The van der Waals surface area contributed by atoms with E-state index in [9.17, 15) is 20.1 Å². The molecule has 27 heavy (non-hydrogen) atoms. The second-order valence-corrected chi connectivity index (χ2v) is 7.52.